The maximum Gasteiger partial charge on any atom is 0.490 e. The van der Waals surface area contributed by atoms with E-state index in [1.807, 2.05) is 30.3 Å². The number of nitrogens with zero attached hydrogens (tertiary/aromatic N) is 2. The minimum atomic E-state index is -5.08. The van der Waals surface area contributed by atoms with Gasteiger partial charge in [0.25, 0.3) is 5.91 Å². The summed E-state index contributed by atoms with van der Waals surface area (Å²) < 4.78 is 31.7. The van der Waals surface area contributed by atoms with Crippen LogP contribution in [-0.2, 0) is 4.79 Å². The van der Waals surface area contributed by atoms with Crippen molar-refractivity contribution in [2.45, 2.75) is 32.0 Å². The van der Waals surface area contributed by atoms with Gasteiger partial charge in [-0.2, -0.15) is 13.2 Å². The summed E-state index contributed by atoms with van der Waals surface area (Å²) in [5.74, 6) is -2.76. The molecule has 1 amide bonds. The van der Waals surface area contributed by atoms with Gasteiger partial charge < -0.3 is 20.2 Å². The summed E-state index contributed by atoms with van der Waals surface area (Å²) in [6.45, 7) is 6.38. The number of carboxylic acid groups (broad SMARTS) is 1. The summed E-state index contributed by atoms with van der Waals surface area (Å²) in [5, 5.41) is 10.3. The fraction of sp³-hybridized carbons (Fsp3) is 0.417. The first-order valence-electron chi connectivity index (χ1n) is 10.8. The van der Waals surface area contributed by atoms with Gasteiger partial charge >= 0.3 is 12.1 Å². The molecule has 1 unspecified atom stereocenters. The molecule has 180 valence electrons. The summed E-state index contributed by atoms with van der Waals surface area (Å²) in [4.78, 5) is 26.3. The molecule has 2 N–H and O–H groups in total. The number of aliphatic carboxylic acids is 1. The number of amides is 1. The Kier molecular flexibility index (Phi) is 9.72. The summed E-state index contributed by atoms with van der Waals surface area (Å²) in [7, 11) is 2.16. The van der Waals surface area contributed by atoms with Crippen LogP contribution in [0.5, 0.6) is 0 Å². The van der Waals surface area contributed by atoms with E-state index < -0.39 is 12.1 Å². The Balaban J connectivity index is 0.000000479. The number of benzene rings is 2. The highest BCUT2D eigenvalue weighted by Gasteiger charge is 2.38. The maximum atomic E-state index is 12.7. The Labute approximate surface area is 192 Å². The Morgan fingerprint density at radius 2 is 1.55 bits per heavy atom. The van der Waals surface area contributed by atoms with Crippen LogP contribution in [-0.4, -0.2) is 61.3 Å². The first-order chi connectivity index (χ1) is 15.6. The third-order valence-electron chi connectivity index (χ3n) is 5.33. The van der Waals surface area contributed by atoms with Crippen LogP contribution in [0.1, 0.15) is 41.7 Å². The van der Waals surface area contributed by atoms with Crippen LogP contribution in [0.4, 0.5) is 18.9 Å². The summed E-state index contributed by atoms with van der Waals surface area (Å²) in [6.07, 6.45) is -3.11. The van der Waals surface area contributed by atoms with E-state index in [0.29, 0.717) is 0 Å². The molecule has 9 heteroatoms. The fourth-order valence-corrected chi connectivity index (χ4v) is 3.43. The van der Waals surface area contributed by atoms with E-state index in [-0.39, 0.29) is 11.9 Å². The first-order valence-corrected chi connectivity index (χ1v) is 10.8. The van der Waals surface area contributed by atoms with Crippen LogP contribution in [0, 0.1) is 0 Å². The van der Waals surface area contributed by atoms with Gasteiger partial charge in [0, 0.05) is 37.4 Å². The van der Waals surface area contributed by atoms with Crippen molar-refractivity contribution in [2.75, 3.05) is 38.1 Å². The second-order valence-electron chi connectivity index (χ2n) is 7.87. The number of hydrogen-bond donors (Lipinski definition) is 2. The zero-order valence-corrected chi connectivity index (χ0v) is 18.8. The molecule has 2 aromatic carbocycles. The molecular formula is C24H30F3N3O3. The molecule has 3 rings (SSSR count). The Morgan fingerprint density at radius 3 is 2.03 bits per heavy atom. The number of carbonyl (C=O) groups is 2. The molecule has 1 saturated heterocycles. The molecule has 33 heavy (non-hydrogen) atoms. The number of carbonyl (C=O) groups excluding carboxylic acids is 1. The maximum absolute atomic E-state index is 12.7. The van der Waals surface area contributed by atoms with Gasteiger partial charge in [0.2, 0.25) is 0 Å². The molecule has 0 spiro atoms. The van der Waals surface area contributed by atoms with Gasteiger partial charge in [0.15, 0.2) is 0 Å². The molecule has 0 aromatic heterocycles. The third kappa shape index (κ3) is 8.42. The average Bonchev–Trinajstić information content (AvgIpc) is 2.80. The van der Waals surface area contributed by atoms with E-state index >= 15 is 0 Å². The summed E-state index contributed by atoms with van der Waals surface area (Å²) in [6, 6.07) is 18.3. The SMILES string of the molecule is CCCC(NC(=O)c1ccc(N2CCN(C)CC2)cc1)c1ccccc1.O=C(O)C(F)(F)F. The van der Waals surface area contributed by atoms with E-state index in [1.54, 1.807) is 0 Å². The Hall–Kier alpha value is -3.07. The smallest absolute Gasteiger partial charge is 0.475 e. The molecule has 1 heterocycles. The standard InChI is InChI=1S/C22H29N3O.C2HF3O2/c1-3-7-21(18-8-5-4-6-9-18)23-22(26)19-10-12-20(13-11-19)25-16-14-24(2)15-17-25;3-2(4,5)1(6)7/h4-6,8-13,21H,3,7,14-17H2,1-2H3,(H,23,26);(H,6,7). The van der Waals surface area contributed by atoms with Gasteiger partial charge in [-0.05, 0) is 43.3 Å². The third-order valence-corrected chi connectivity index (χ3v) is 5.33. The normalized spacial score (nSPS) is 15.2. The zero-order chi connectivity index (χ0) is 24.4. The molecular weight excluding hydrogens is 435 g/mol. The van der Waals surface area contributed by atoms with E-state index in [9.17, 15) is 18.0 Å². The molecule has 1 aliphatic heterocycles. The number of piperazine rings is 1. The Bertz CT molecular complexity index is 881. The zero-order valence-electron chi connectivity index (χ0n) is 18.8. The molecule has 2 aromatic rings. The van der Waals surface area contributed by atoms with Gasteiger partial charge in [0.1, 0.15) is 0 Å². The number of hydrogen-bond acceptors (Lipinski definition) is 4. The van der Waals surface area contributed by atoms with Crippen LogP contribution < -0.4 is 10.2 Å². The summed E-state index contributed by atoms with van der Waals surface area (Å²) >= 11 is 0. The van der Waals surface area contributed by atoms with Crippen molar-refractivity contribution in [3.05, 3.63) is 65.7 Å². The molecule has 6 nitrogen and oxygen atoms in total. The van der Waals surface area contributed by atoms with Crippen LogP contribution in [0.25, 0.3) is 0 Å². The highest BCUT2D eigenvalue weighted by atomic mass is 19.4. The predicted octanol–water partition coefficient (Wildman–Crippen LogP) is 4.34. The van der Waals surface area contributed by atoms with Crippen molar-refractivity contribution in [3.63, 3.8) is 0 Å². The van der Waals surface area contributed by atoms with Crippen molar-refractivity contribution < 1.29 is 27.9 Å². The van der Waals surface area contributed by atoms with Crippen LogP contribution in [0.3, 0.4) is 0 Å². The van der Waals surface area contributed by atoms with E-state index in [4.69, 9.17) is 9.90 Å². The minimum absolute atomic E-state index is 0.00256. The number of carboxylic acids is 1. The number of anilines is 1. The highest BCUT2D eigenvalue weighted by molar-refractivity contribution is 5.94. The van der Waals surface area contributed by atoms with Crippen molar-refractivity contribution in [2.24, 2.45) is 0 Å². The van der Waals surface area contributed by atoms with Gasteiger partial charge in [-0.15, -0.1) is 0 Å². The minimum Gasteiger partial charge on any atom is -0.475 e. The van der Waals surface area contributed by atoms with Gasteiger partial charge in [-0.1, -0.05) is 43.7 Å². The number of likely N-dealkylation sites (N-methyl/N-ethyl adjacent to an activating group) is 1. The Morgan fingerprint density at radius 1 is 1.00 bits per heavy atom. The quantitative estimate of drug-likeness (QED) is 0.664. The van der Waals surface area contributed by atoms with E-state index in [0.717, 1.165) is 50.1 Å². The van der Waals surface area contributed by atoms with E-state index in [2.05, 4.69) is 53.4 Å². The number of halogens is 3. The second-order valence-corrected chi connectivity index (χ2v) is 7.87. The van der Waals surface area contributed by atoms with Crippen molar-refractivity contribution in [1.29, 1.82) is 0 Å². The molecule has 0 bridgehead atoms. The first kappa shape index (κ1) is 26.2. The van der Waals surface area contributed by atoms with Crippen molar-refractivity contribution in [1.82, 2.24) is 10.2 Å². The lowest BCUT2D eigenvalue weighted by Gasteiger charge is -2.34. The predicted molar refractivity (Wildman–Crippen MR) is 121 cm³/mol. The molecule has 1 aliphatic rings. The van der Waals surface area contributed by atoms with Crippen molar-refractivity contribution in [3.8, 4) is 0 Å². The van der Waals surface area contributed by atoms with E-state index in [1.165, 1.54) is 5.69 Å². The molecule has 0 aliphatic carbocycles. The highest BCUT2D eigenvalue weighted by Crippen LogP contribution is 2.21. The van der Waals surface area contributed by atoms with Crippen molar-refractivity contribution >= 4 is 17.6 Å². The molecule has 1 atom stereocenters. The van der Waals surface area contributed by atoms with Crippen LogP contribution in [0.2, 0.25) is 0 Å². The molecule has 1 fully saturated rings. The van der Waals surface area contributed by atoms with Gasteiger partial charge in [0.05, 0.1) is 6.04 Å². The second kappa shape index (κ2) is 12.2. The number of alkyl halides is 3. The largest absolute Gasteiger partial charge is 0.490 e. The van der Waals surface area contributed by atoms with Crippen LogP contribution in [0.15, 0.2) is 54.6 Å². The average molecular weight is 466 g/mol. The number of nitrogens with one attached hydrogen (secondary N) is 1. The molecule has 0 saturated carbocycles. The summed E-state index contributed by atoms with van der Waals surface area (Å²) in [5.41, 5.74) is 3.08. The topological polar surface area (TPSA) is 72.9 Å². The molecule has 0 radical (unpaired) electrons. The lowest BCUT2D eigenvalue weighted by Crippen LogP contribution is -2.44. The number of rotatable bonds is 6. The van der Waals surface area contributed by atoms with Crippen LogP contribution >= 0.6 is 0 Å². The monoisotopic (exact) mass is 465 g/mol. The fourth-order valence-electron chi connectivity index (χ4n) is 3.43. The lowest BCUT2D eigenvalue weighted by atomic mass is 10.0. The lowest BCUT2D eigenvalue weighted by molar-refractivity contribution is -0.192. The van der Waals surface area contributed by atoms with Gasteiger partial charge in [-0.3, -0.25) is 4.79 Å². The van der Waals surface area contributed by atoms with Gasteiger partial charge in [-0.25, -0.2) is 4.79 Å².